The third-order valence-corrected chi connectivity index (χ3v) is 9.38. The smallest absolute Gasteiger partial charge is 0.410 e. The molecule has 14 heteroatoms. The largest absolute Gasteiger partial charge is 0.493 e. The third kappa shape index (κ3) is 10.3. The normalized spacial score (nSPS) is 15.4. The Morgan fingerprint density at radius 3 is 2.35 bits per heavy atom. The van der Waals surface area contributed by atoms with E-state index >= 15 is 0 Å². The van der Waals surface area contributed by atoms with Crippen molar-refractivity contribution in [1.82, 2.24) is 24.6 Å². The van der Waals surface area contributed by atoms with Gasteiger partial charge in [-0.15, -0.1) is 0 Å². The minimum absolute atomic E-state index is 0.171. The number of aromatic nitrogens is 4. The van der Waals surface area contributed by atoms with Crippen LogP contribution < -0.4 is 10.1 Å². The first kappa shape index (κ1) is 38.8. The average molecular weight is 711 g/mol. The first-order chi connectivity index (χ1) is 23.0. The SMILES string of the molecule is C[Si]OC(O[Si]C)C(C)(C)C(COc1cccc(-c2nc(NC3CCOCC3)c3cnn(C(C)(C)C)c3n2)c1)CN(C)C(=O)OC(C)(C)C. The summed E-state index contributed by atoms with van der Waals surface area (Å²) in [4.78, 5) is 24.7. The van der Waals surface area contributed by atoms with E-state index in [2.05, 4.69) is 39.9 Å². The van der Waals surface area contributed by atoms with Crippen LogP contribution in [0.5, 0.6) is 5.75 Å². The predicted octanol–water partition coefficient (Wildman–Crippen LogP) is 6.42. The van der Waals surface area contributed by atoms with Gasteiger partial charge in [-0.3, -0.25) is 0 Å². The van der Waals surface area contributed by atoms with Crippen molar-refractivity contribution in [3.05, 3.63) is 30.5 Å². The molecule has 1 atom stereocenters. The van der Waals surface area contributed by atoms with Gasteiger partial charge in [0.2, 0.25) is 19.5 Å². The number of fused-ring (bicyclic) bond motifs is 1. The fourth-order valence-corrected chi connectivity index (χ4v) is 6.81. The fourth-order valence-electron chi connectivity index (χ4n) is 5.58. The Morgan fingerprint density at radius 2 is 1.73 bits per heavy atom. The number of nitrogens with one attached hydrogen (secondary N) is 1. The second-order valence-electron chi connectivity index (χ2n) is 15.1. The number of hydrogen-bond acceptors (Lipinski definition) is 10. The molecule has 1 aliphatic heterocycles. The molecule has 1 N–H and O–H groups in total. The van der Waals surface area contributed by atoms with E-state index in [0.717, 1.165) is 48.5 Å². The van der Waals surface area contributed by atoms with Crippen LogP contribution in [0.25, 0.3) is 22.4 Å². The van der Waals surface area contributed by atoms with Gasteiger partial charge in [0, 0.05) is 49.7 Å². The molecule has 4 rings (SSSR count). The van der Waals surface area contributed by atoms with Gasteiger partial charge in [-0.1, -0.05) is 26.0 Å². The zero-order chi connectivity index (χ0) is 36.0. The Kier molecular flexibility index (Phi) is 12.9. The molecule has 0 aliphatic carbocycles. The maximum absolute atomic E-state index is 13.0. The first-order valence-corrected chi connectivity index (χ1v) is 19.8. The average Bonchev–Trinajstić information content (AvgIpc) is 3.48. The minimum atomic E-state index is -0.607. The third-order valence-electron chi connectivity index (χ3n) is 8.48. The number of nitrogens with zero attached hydrogens (tertiary/aromatic N) is 5. The van der Waals surface area contributed by atoms with Crippen molar-refractivity contribution in [2.45, 2.75) is 105 Å². The molecule has 3 heterocycles. The number of rotatable bonds is 14. The highest BCUT2D eigenvalue weighted by Crippen LogP contribution is 2.36. The molecule has 2 aromatic heterocycles. The standard InChI is InChI=1S/C35H54N6O6Si2/c1-33(2,3)41-30-27(20-36-41)29(37-25-15-17-43-18-16-25)38-28(39-30)23-13-12-14-26(19-23)44-22-24(21-40(9)32(42)45-34(4,5)6)35(7,8)31(46-48-10)47-49-11/h12-14,19-20,24-25,31H,15-18,21-22H2,1-11H3,(H,37,38,39). The van der Waals surface area contributed by atoms with Crippen molar-refractivity contribution in [3.8, 4) is 17.1 Å². The maximum Gasteiger partial charge on any atom is 0.410 e. The van der Waals surface area contributed by atoms with Gasteiger partial charge >= 0.3 is 6.09 Å². The molecule has 49 heavy (non-hydrogen) atoms. The lowest BCUT2D eigenvalue weighted by Gasteiger charge is -2.41. The lowest BCUT2D eigenvalue weighted by atomic mass is 9.78. The number of carbonyl (C=O) groups excluding carboxylic acids is 1. The Bertz CT molecular complexity index is 1530. The summed E-state index contributed by atoms with van der Waals surface area (Å²) >= 11 is 0. The van der Waals surface area contributed by atoms with E-state index in [1.54, 1.807) is 11.9 Å². The van der Waals surface area contributed by atoms with Gasteiger partial charge in [0.25, 0.3) is 0 Å². The van der Waals surface area contributed by atoms with E-state index in [1.165, 1.54) is 0 Å². The lowest BCUT2D eigenvalue weighted by Crippen LogP contribution is -2.49. The van der Waals surface area contributed by atoms with E-state index in [-0.39, 0.29) is 37.0 Å². The molecule has 1 fully saturated rings. The Morgan fingerprint density at radius 1 is 1.06 bits per heavy atom. The summed E-state index contributed by atoms with van der Waals surface area (Å²) in [6, 6.07) is 8.08. The molecule has 12 nitrogen and oxygen atoms in total. The van der Waals surface area contributed by atoms with Crippen molar-refractivity contribution < 1.29 is 27.9 Å². The van der Waals surface area contributed by atoms with Crippen molar-refractivity contribution in [3.63, 3.8) is 0 Å². The van der Waals surface area contributed by atoms with Crippen LogP contribution in [0.2, 0.25) is 13.1 Å². The molecule has 1 aromatic carbocycles. The predicted molar refractivity (Wildman–Crippen MR) is 194 cm³/mol. The Balaban J connectivity index is 1.65. The van der Waals surface area contributed by atoms with Crippen LogP contribution in [0.15, 0.2) is 30.5 Å². The fraction of sp³-hybridized carbons (Fsp3) is 0.657. The van der Waals surface area contributed by atoms with Crippen LogP contribution in [0.3, 0.4) is 0 Å². The Hall–Kier alpha value is -3.05. The van der Waals surface area contributed by atoms with Crippen molar-refractivity contribution >= 4 is 42.5 Å². The van der Waals surface area contributed by atoms with E-state index in [9.17, 15) is 4.79 Å². The summed E-state index contributed by atoms with van der Waals surface area (Å²) in [5.74, 6) is 1.84. The van der Waals surface area contributed by atoms with Gasteiger partial charge < -0.3 is 33.3 Å². The molecule has 1 aliphatic rings. The van der Waals surface area contributed by atoms with Crippen LogP contribution >= 0.6 is 0 Å². The summed E-state index contributed by atoms with van der Waals surface area (Å²) in [6.07, 6.45) is 2.80. The number of amides is 1. The number of benzene rings is 1. The van der Waals surface area contributed by atoms with Gasteiger partial charge in [-0.2, -0.15) is 5.10 Å². The monoisotopic (exact) mass is 710 g/mol. The quantitative estimate of drug-likeness (QED) is 0.148. The van der Waals surface area contributed by atoms with Crippen LogP contribution in [0, 0.1) is 11.3 Å². The summed E-state index contributed by atoms with van der Waals surface area (Å²) < 4.78 is 31.9. The van der Waals surface area contributed by atoms with Crippen molar-refractivity contribution in [2.24, 2.45) is 11.3 Å². The maximum atomic E-state index is 13.0. The molecule has 3 aromatic rings. The van der Waals surface area contributed by atoms with Crippen LogP contribution in [0.4, 0.5) is 10.6 Å². The van der Waals surface area contributed by atoms with Gasteiger partial charge in [0.1, 0.15) is 23.5 Å². The molecule has 4 radical (unpaired) electrons. The van der Waals surface area contributed by atoms with Crippen molar-refractivity contribution in [2.75, 3.05) is 38.7 Å². The number of ether oxygens (including phenoxy) is 3. The second kappa shape index (κ2) is 16.3. The number of hydrogen-bond donors (Lipinski definition) is 1. The topological polar surface area (TPSA) is 122 Å². The van der Waals surface area contributed by atoms with Crippen molar-refractivity contribution in [1.29, 1.82) is 0 Å². The molecule has 1 unspecified atom stereocenters. The first-order valence-electron chi connectivity index (χ1n) is 17.0. The molecule has 1 saturated heterocycles. The van der Waals surface area contributed by atoms with Gasteiger partial charge in [-0.25, -0.2) is 19.4 Å². The van der Waals surface area contributed by atoms with Gasteiger partial charge in [0.15, 0.2) is 11.5 Å². The summed E-state index contributed by atoms with van der Waals surface area (Å²) in [5.41, 5.74) is 0.199. The van der Waals surface area contributed by atoms with E-state index in [4.69, 9.17) is 38.1 Å². The van der Waals surface area contributed by atoms with Crippen LogP contribution in [-0.4, -0.2) is 102 Å². The summed E-state index contributed by atoms with van der Waals surface area (Å²) in [6.45, 7) is 22.2. The molecule has 0 saturated carbocycles. The number of anilines is 1. The number of carbonyl (C=O) groups is 1. The molecular formula is C35H54N6O6Si2. The zero-order valence-corrected chi connectivity index (χ0v) is 33.0. The van der Waals surface area contributed by atoms with E-state index < -0.39 is 23.4 Å². The zero-order valence-electron chi connectivity index (χ0n) is 31.0. The molecule has 268 valence electrons. The molecule has 1 amide bonds. The van der Waals surface area contributed by atoms with Gasteiger partial charge in [-0.05, 0) is 79.6 Å². The van der Waals surface area contributed by atoms with E-state index in [0.29, 0.717) is 24.7 Å². The van der Waals surface area contributed by atoms with Gasteiger partial charge in [0.05, 0.1) is 23.7 Å². The second-order valence-corrected chi connectivity index (χ2v) is 16.4. The molecular weight excluding hydrogens is 657 g/mol. The summed E-state index contributed by atoms with van der Waals surface area (Å²) in [7, 11) is 2.24. The highest BCUT2D eigenvalue weighted by atomic mass is 28.2. The lowest BCUT2D eigenvalue weighted by molar-refractivity contribution is -0.115. The minimum Gasteiger partial charge on any atom is -0.493 e. The Labute approximate surface area is 296 Å². The van der Waals surface area contributed by atoms with E-state index in [1.807, 2.05) is 69.0 Å². The van der Waals surface area contributed by atoms with Crippen LogP contribution in [0.1, 0.15) is 68.2 Å². The summed E-state index contributed by atoms with van der Waals surface area (Å²) in [5, 5.41) is 9.26. The molecule has 0 bridgehead atoms. The van der Waals surface area contributed by atoms with Crippen LogP contribution in [-0.2, 0) is 23.9 Å². The molecule has 0 spiro atoms. The highest BCUT2D eigenvalue weighted by molar-refractivity contribution is 6.26. The highest BCUT2D eigenvalue weighted by Gasteiger charge is 2.40.